The van der Waals surface area contributed by atoms with E-state index in [4.69, 9.17) is 14.2 Å². The number of unbranched alkanes of at least 4 members (excludes halogenated alkanes) is 36. The van der Waals surface area contributed by atoms with Crippen molar-refractivity contribution >= 4 is 17.9 Å². The quantitative estimate of drug-likeness (QED) is 0.0262. The molecule has 0 saturated carbocycles. The Morgan fingerprint density at radius 1 is 0.303 bits per heavy atom. The summed E-state index contributed by atoms with van der Waals surface area (Å²) in [4.78, 5) is 38.1. The van der Waals surface area contributed by atoms with Gasteiger partial charge in [-0.2, -0.15) is 0 Å². The highest BCUT2D eigenvalue weighted by Crippen LogP contribution is 2.16. The first-order valence-electron chi connectivity index (χ1n) is 29.0. The van der Waals surface area contributed by atoms with E-state index in [1.807, 2.05) is 6.08 Å². The van der Waals surface area contributed by atoms with E-state index in [0.29, 0.717) is 19.3 Å². The fraction of sp³-hybridized carbons (Fsp3) is 0.850. The highest BCUT2D eigenvalue weighted by atomic mass is 16.6. The molecular weight excluding hydrogens is 817 g/mol. The number of allylic oxidation sites excluding steroid dienone is 6. The van der Waals surface area contributed by atoms with E-state index < -0.39 is 6.10 Å². The number of carbonyl (C=O) groups is 3. The maximum atomic E-state index is 12.8. The Labute approximate surface area is 410 Å². The van der Waals surface area contributed by atoms with Crippen LogP contribution >= 0.6 is 0 Å². The molecule has 0 saturated heterocycles. The monoisotopic (exact) mass is 927 g/mol. The van der Waals surface area contributed by atoms with Crippen LogP contribution in [-0.4, -0.2) is 37.2 Å². The van der Waals surface area contributed by atoms with Gasteiger partial charge in [-0.25, -0.2) is 0 Å². The van der Waals surface area contributed by atoms with Gasteiger partial charge in [0.05, 0.1) is 0 Å². The molecule has 0 radical (unpaired) electrons. The van der Waals surface area contributed by atoms with Gasteiger partial charge < -0.3 is 14.2 Å². The van der Waals surface area contributed by atoms with E-state index in [-0.39, 0.29) is 37.5 Å². The zero-order valence-corrected chi connectivity index (χ0v) is 44.2. The van der Waals surface area contributed by atoms with Gasteiger partial charge in [0.25, 0.3) is 0 Å². The minimum atomic E-state index is -0.795. The molecule has 0 amide bonds. The number of hydrogen-bond acceptors (Lipinski definition) is 6. The first-order chi connectivity index (χ1) is 32.5. The Hall–Kier alpha value is -2.37. The Bertz CT molecular complexity index is 1110. The van der Waals surface area contributed by atoms with Crippen LogP contribution in [0.4, 0.5) is 0 Å². The Balaban J connectivity index is 4.38. The lowest BCUT2D eigenvalue weighted by atomic mass is 10.0. The van der Waals surface area contributed by atoms with Crippen LogP contribution in [-0.2, 0) is 28.6 Å². The van der Waals surface area contributed by atoms with Gasteiger partial charge >= 0.3 is 17.9 Å². The summed E-state index contributed by atoms with van der Waals surface area (Å²) in [6.07, 6.45) is 65.8. The summed E-state index contributed by atoms with van der Waals surface area (Å²) in [6, 6.07) is 0. The third-order valence-electron chi connectivity index (χ3n) is 12.9. The van der Waals surface area contributed by atoms with Crippen LogP contribution in [0.15, 0.2) is 36.5 Å². The van der Waals surface area contributed by atoms with Crippen LogP contribution in [0.1, 0.15) is 310 Å². The second-order valence-corrected chi connectivity index (χ2v) is 19.6. The fourth-order valence-electron chi connectivity index (χ4n) is 8.49. The van der Waals surface area contributed by atoms with Crippen molar-refractivity contribution in [2.75, 3.05) is 13.2 Å². The summed E-state index contributed by atoms with van der Waals surface area (Å²) in [5.74, 6) is -0.951. The van der Waals surface area contributed by atoms with Crippen molar-refractivity contribution in [3.63, 3.8) is 0 Å². The van der Waals surface area contributed by atoms with E-state index in [1.165, 1.54) is 205 Å². The van der Waals surface area contributed by atoms with Crippen molar-refractivity contribution in [3.8, 4) is 0 Å². The highest BCUT2D eigenvalue weighted by molar-refractivity contribution is 5.71. The first kappa shape index (κ1) is 63.6. The van der Waals surface area contributed by atoms with Crippen molar-refractivity contribution in [2.24, 2.45) is 0 Å². The minimum Gasteiger partial charge on any atom is -0.462 e. The van der Waals surface area contributed by atoms with Crippen LogP contribution in [0, 0.1) is 0 Å². The average molecular weight is 928 g/mol. The van der Waals surface area contributed by atoms with Crippen molar-refractivity contribution in [1.29, 1.82) is 0 Å². The molecule has 1 atom stereocenters. The first-order valence-corrected chi connectivity index (χ1v) is 29.0. The van der Waals surface area contributed by atoms with Gasteiger partial charge in [-0.3, -0.25) is 14.4 Å². The molecule has 1 unspecified atom stereocenters. The molecule has 0 aromatic heterocycles. The van der Waals surface area contributed by atoms with E-state index >= 15 is 0 Å². The molecule has 0 rings (SSSR count). The highest BCUT2D eigenvalue weighted by Gasteiger charge is 2.19. The molecule has 0 N–H and O–H groups in total. The predicted molar refractivity (Wildman–Crippen MR) is 284 cm³/mol. The van der Waals surface area contributed by atoms with Gasteiger partial charge in [0.2, 0.25) is 0 Å². The molecule has 386 valence electrons. The number of ether oxygens (including phenoxy) is 3. The number of carbonyl (C=O) groups excluding carboxylic acids is 3. The number of hydrogen-bond donors (Lipinski definition) is 0. The van der Waals surface area contributed by atoms with Crippen molar-refractivity contribution in [1.82, 2.24) is 0 Å². The summed E-state index contributed by atoms with van der Waals surface area (Å²) >= 11 is 0. The van der Waals surface area contributed by atoms with Gasteiger partial charge in [0.15, 0.2) is 6.10 Å². The Kier molecular flexibility index (Phi) is 53.2. The van der Waals surface area contributed by atoms with E-state index in [2.05, 4.69) is 51.2 Å². The molecule has 6 heteroatoms. The van der Waals surface area contributed by atoms with Gasteiger partial charge in [-0.05, 0) is 64.2 Å². The third kappa shape index (κ3) is 52.6. The van der Waals surface area contributed by atoms with Crippen molar-refractivity contribution < 1.29 is 28.6 Å². The van der Waals surface area contributed by atoms with Crippen molar-refractivity contribution in [3.05, 3.63) is 36.5 Å². The maximum Gasteiger partial charge on any atom is 0.306 e. The van der Waals surface area contributed by atoms with E-state index in [1.54, 1.807) is 0 Å². The van der Waals surface area contributed by atoms with Crippen LogP contribution in [0.3, 0.4) is 0 Å². The van der Waals surface area contributed by atoms with Gasteiger partial charge in [-0.1, -0.05) is 263 Å². The summed E-state index contributed by atoms with van der Waals surface area (Å²) in [5.41, 5.74) is 0. The number of esters is 3. The summed E-state index contributed by atoms with van der Waals surface area (Å²) in [7, 11) is 0. The van der Waals surface area contributed by atoms with Gasteiger partial charge in [0.1, 0.15) is 13.2 Å². The SMILES string of the molecule is CCCCCCCC/C=C\C/C=C\CCC(=O)OCC(COC(=O)CCCCCCC/C=C\CCCCCCCCCCC)OC(=O)CCCCCCCCCCCCCCCCCCC. The molecule has 0 spiro atoms. The number of rotatable bonds is 53. The topological polar surface area (TPSA) is 78.9 Å². The van der Waals surface area contributed by atoms with Crippen LogP contribution in [0.2, 0.25) is 0 Å². The molecule has 66 heavy (non-hydrogen) atoms. The van der Waals surface area contributed by atoms with E-state index in [9.17, 15) is 14.4 Å². The van der Waals surface area contributed by atoms with Crippen LogP contribution in [0.25, 0.3) is 0 Å². The zero-order chi connectivity index (χ0) is 47.9. The van der Waals surface area contributed by atoms with Crippen LogP contribution < -0.4 is 0 Å². The molecule has 6 nitrogen and oxygen atoms in total. The molecule has 0 aliphatic rings. The molecule has 0 aliphatic heterocycles. The largest absolute Gasteiger partial charge is 0.462 e. The Morgan fingerprint density at radius 2 is 0.576 bits per heavy atom. The molecule has 0 fully saturated rings. The lowest BCUT2D eigenvalue weighted by Crippen LogP contribution is -2.30. The Morgan fingerprint density at radius 3 is 0.939 bits per heavy atom. The van der Waals surface area contributed by atoms with Gasteiger partial charge in [-0.15, -0.1) is 0 Å². The fourth-order valence-corrected chi connectivity index (χ4v) is 8.49. The molecule has 0 aromatic rings. The lowest BCUT2D eigenvalue weighted by Gasteiger charge is -2.18. The second kappa shape index (κ2) is 55.2. The smallest absolute Gasteiger partial charge is 0.306 e. The van der Waals surface area contributed by atoms with E-state index in [0.717, 1.165) is 57.8 Å². The van der Waals surface area contributed by atoms with Crippen LogP contribution in [0.5, 0.6) is 0 Å². The van der Waals surface area contributed by atoms with Crippen molar-refractivity contribution in [2.45, 2.75) is 316 Å². The summed E-state index contributed by atoms with van der Waals surface area (Å²) < 4.78 is 16.8. The molecule has 0 aromatic carbocycles. The summed E-state index contributed by atoms with van der Waals surface area (Å²) in [5, 5.41) is 0. The summed E-state index contributed by atoms with van der Waals surface area (Å²) in [6.45, 7) is 6.61. The predicted octanol–water partition coefficient (Wildman–Crippen LogP) is 19.3. The molecule has 0 heterocycles. The lowest BCUT2D eigenvalue weighted by molar-refractivity contribution is -0.166. The van der Waals surface area contributed by atoms with Gasteiger partial charge in [0, 0.05) is 19.3 Å². The normalized spacial score (nSPS) is 12.2. The molecular formula is C60H110O6. The minimum absolute atomic E-state index is 0.0900. The third-order valence-corrected chi connectivity index (χ3v) is 12.9. The second-order valence-electron chi connectivity index (χ2n) is 19.6. The average Bonchev–Trinajstić information content (AvgIpc) is 3.31. The zero-order valence-electron chi connectivity index (χ0n) is 44.2. The molecule has 0 aliphatic carbocycles. The maximum absolute atomic E-state index is 12.8. The molecule has 0 bridgehead atoms. The standard InChI is InChI=1S/C60H110O6/c1-4-7-10-13-16-19-22-25-27-29-31-32-35-38-41-44-47-50-53-59(62)65-56-57(55-64-58(61)52-49-46-43-40-37-34-24-21-18-15-12-9-6-3)66-60(63)54-51-48-45-42-39-36-33-30-28-26-23-20-17-14-11-8-5-2/h31-32,34,37,43,46,57H,4-30,33,35-36,38-42,44-45,47-56H2,1-3H3/b32-31-,37-34-,46-43-.